The zero-order chi connectivity index (χ0) is 15.0. The molecule has 1 aromatic rings. The summed E-state index contributed by atoms with van der Waals surface area (Å²) in [6.07, 6.45) is 0. The molecule has 0 atom stereocenters. The van der Waals surface area contributed by atoms with Crippen LogP contribution in [0.25, 0.3) is 0 Å². The first-order chi connectivity index (χ1) is 9.49. The quantitative estimate of drug-likeness (QED) is 0.647. The van der Waals surface area contributed by atoms with E-state index in [1.165, 1.54) is 0 Å². The summed E-state index contributed by atoms with van der Waals surface area (Å²) in [5.41, 5.74) is 1.77. The number of carbonyl (C=O) groups excluding carboxylic acids is 2. The Labute approximate surface area is 120 Å². The molecule has 0 saturated heterocycles. The van der Waals surface area contributed by atoms with Crippen LogP contribution in [0.15, 0.2) is 24.3 Å². The van der Waals surface area contributed by atoms with Gasteiger partial charge in [0.05, 0.1) is 6.54 Å². The van der Waals surface area contributed by atoms with E-state index in [0.717, 1.165) is 5.56 Å². The number of carbonyl (C=O) groups is 2. The fourth-order valence-corrected chi connectivity index (χ4v) is 1.65. The monoisotopic (exact) mass is 277 g/mol. The zero-order valence-electron chi connectivity index (χ0n) is 12.3. The normalized spacial score (nSPS) is 10.4. The van der Waals surface area contributed by atoms with Gasteiger partial charge in [0.15, 0.2) is 0 Å². The summed E-state index contributed by atoms with van der Waals surface area (Å²) in [5.74, 6) is -0.136. The van der Waals surface area contributed by atoms with Crippen molar-refractivity contribution in [2.45, 2.75) is 26.8 Å². The highest BCUT2D eigenvalue weighted by atomic mass is 16.2. The van der Waals surface area contributed by atoms with E-state index in [4.69, 9.17) is 0 Å². The lowest BCUT2D eigenvalue weighted by atomic mass is 10.1. The smallest absolute Gasteiger partial charge is 0.251 e. The number of nitrogens with one attached hydrogen (secondary N) is 3. The maximum atomic E-state index is 11.8. The number of benzene rings is 1. The van der Waals surface area contributed by atoms with Gasteiger partial charge in [0.1, 0.15) is 0 Å². The summed E-state index contributed by atoms with van der Waals surface area (Å²) >= 11 is 0. The molecule has 0 bridgehead atoms. The largest absolute Gasteiger partial charge is 0.353 e. The minimum atomic E-state index is -0.0987. The Hall–Kier alpha value is -1.88. The first-order valence-electron chi connectivity index (χ1n) is 6.84. The second-order valence-electron chi connectivity index (χ2n) is 5.02. The van der Waals surface area contributed by atoms with Crippen molar-refractivity contribution in [2.24, 2.45) is 0 Å². The summed E-state index contributed by atoms with van der Waals surface area (Å²) in [4.78, 5) is 23.1. The van der Waals surface area contributed by atoms with Crippen LogP contribution in [0, 0.1) is 6.92 Å². The minimum Gasteiger partial charge on any atom is -0.353 e. The highest BCUT2D eigenvalue weighted by Gasteiger charge is 2.04. The fraction of sp³-hybridized carbons (Fsp3) is 0.467. The van der Waals surface area contributed by atoms with Crippen molar-refractivity contribution >= 4 is 11.8 Å². The van der Waals surface area contributed by atoms with Crippen molar-refractivity contribution in [1.29, 1.82) is 0 Å². The topological polar surface area (TPSA) is 70.2 Å². The first kappa shape index (κ1) is 16.2. The number of aryl methyl sites for hydroxylation is 1. The van der Waals surface area contributed by atoms with E-state index in [1.54, 1.807) is 12.1 Å². The molecule has 0 aromatic heterocycles. The van der Waals surface area contributed by atoms with Crippen LogP contribution >= 0.6 is 0 Å². The van der Waals surface area contributed by atoms with Gasteiger partial charge in [-0.25, -0.2) is 0 Å². The number of hydrogen-bond donors (Lipinski definition) is 3. The SMILES string of the molecule is Cc1ccc(C(=O)NCCNCC(=O)NC(C)C)cc1. The van der Waals surface area contributed by atoms with Crippen molar-refractivity contribution in [3.8, 4) is 0 Å². The van der Waals surface area contributed by atoms with Crippen LogP contribution in [-0.2, 0) is 4.79 Å². The second-order valence-corrected chi connectivity index (χ2v) is 5.02. The average molecular weight is 277 g/mol. The van der Waals surface area contributed by atoms with E-state index in [1.807, 2.05) is 32.9 Å². The second kappa shape index (κ2) is 8.32. The predicted molar refractivity (Wildman–Crippen MR) is 79.7 cm³/mol. The molecule has 5 heteroatoms. The van der Waals surface area contributed by atoms with Crippen molar-refractivity contribution in [3.05, 3.63) is 35.4 Å². The molecule has 0 spiro atoms. The van der Waals surface area contributed by atoms with Gasteiger partial charge in [0.2, 0.25) is 5.91 Å². The van der Waals surface area contributed by atoms with Crippen molar-refractivity contribution in [2.75, 3.05) is 19.6 Å². The highest BCUT2D eigenvalue weighted by Crippen LogP contribution is 2.02. The summed E-state index contributed by atoms with van der Waals surface area (Å²) in [6.45, 7) is 7.12. The molecule has 0 unspecified atom stereocenters. The van der Waals surface area contributed by atoms with Gasteiger partial charge in [0.25, 0.3) is 5.91 Å². The van der Waals surface area contributed by atoms with Gasteiger partial charge in [-0.15, -0.1) is 0 Å². The van der Waals surface area contributed by atoms with Gasteiger partial charge in [-0.3, -0.25) is 9.59 Å². The molecule has 0 aliphatic rings. The van der Waals surface area contributed by atoms with E-state index in [0.29, 0.717) is 18.7 Å². The van der Waals surface area contributed by atoms with E-state index >= 15 is 0 Å². The summed E-state index contributed by atoms with van der Waals surface area (Å²) < 4.78 is 0. The summed E-state index contributed by atoms with van der Waals surface area (Å²) in [7, 11) is 0. The lowest BCUT2D eigenvalue weighted by molar-refractivity contribution is -0.120. The Morgan fingerprint density at radius 1 is 1.10 bits per heavy atom. The average Bonchev–Trinajstić information content (AvgIpc) is 2.38. The van der Waals surface area contributed by atoms with Gasteiger partial charge < -0.3 is 16.0 Å². The molecule has 3 N–H and O–H groups in total. The van der Waals surface area contributed by atoms with Crippen LogP contribution < -0.4 is 16.0 Å². The van der Waals surface area contributed by atoms with E-state index in [2.05, 4.69) is 16.0 Å². The third kappa shape index (κ3) is 6.33. The van der Waals surface area contributed by atoms with Crippen LogP contribution in [0.1, 0.15) is 29.8 Å². The Morgan fingerprint density at radius 3 is 2.35 bits per heavy atom. The van der Waals surface area contributed by atoms with Gasteiger partial charge in [-0.05, 0) is 32.9 Å². The summed E-state index contributed by atoms with van der Waals surface area (Å²) in [6, 6.07) is 7.56. The van der Waals surface area contributed by atoms with Gasteiger partial charge in [0, 0.05) is 24.7 Å². The van der Waals surface area contributed by atoms with Gasteiger partial charge in [-0.2, -0.15) is 0 Å². The maximum Gasteiger partial charge on any atom is 0.251 e. The van der Waals surface area contributed by atoms with Crippen LogP contribution in [0.4, 0.5) is 0 Å². The molecular formula is C15H23N3O2. The molecule has 20 heavy (non-hydrogen) atoms. The van der Waals surface area contributed by atoms with Crippen LogP contribution in [0.3, 0.4) is 0 Å². The molecule has 0 aliphatic heterocycles. The zero-order valence-corrected chi connectivity index (χ0v) is 12.3. The van der Waals surface area contributed by atoms with Crippen molar-refractivity contribution < 1.29 is 9.59 Å². The first-order valence-corrected chi connectivity index (χ1v) is 6.84. The number of rotatable bonds is 7. The summed E-state index contributed by atoms with van der Waals surface area (Å²) in [5, 5.41) is 8.56. The van der Waals surface area contributed by atoms with E-state index in [-0.39, 0.29) is 24.4 Å². The number of hydrogen-bond acceptors (Lipinski definition) is 3. The Bertz CT molecular complexity index is 441. The Kier molecular flexibility index (Phi) is 6.73. The van der Waals surface area contributed by atoms with E-state index < -0.39 is 0 Å². The van der Waals surface area contributed by atoms with Gasteiger partial charge in [-0.1, -0.05) is 17.7 Å². The molecular weight excluding hydrogens is 254 g/mol. The molecule has 0 fully saturated rings. The Morgan fingerprint density at radius 2 is 1.75 bits per heavy atom. The molecule has 0 radical (unpaired) electrons. The third-order valence-corrected chi connectivity index (χ3v) is 2.64. The van der Waals surface area contributed by atoms with Crippen LogP contribution in [0.2, 0.25) is 0 Å². The molecule has 1 aromatic carbocycles. The lowest BCUT2D eigenvalue weighted by Gasteiger charge is -2.09. The highest BCUT2D eigenvalue weighted by molar-refractivity contribution is 5.94. The Balaban J connectivity index is 2.16. The molecule has 110 valence electrons. The molecule has 0 saturated carbocycles. The third-order valence-electron chi connectivity index (χ3n) is 2.64. The molecule has 0 heterocycles. The lowest BCUT2D eigenvalue weighted by Crippen LogP contribution is -2.40. The van der Waals surface area contributed by atoms with Crippen molar-refractivity contribution in [1.82, 2.24) is 16.0 Å². The number of amides is 2. The van der Waals surface area contributed by atoms with Crippen molar-refractivity contribution in [3.63, 3.8) is 0 Å². The predicted octanol–water partition coefficient (Wildman–Crippen LogP) is 0.839. The molecule has 0 aliphatic carbocycles. The minimum absolute atomic E-state index is 0.0372. The van der Waals surface area contributed by atoms with Crippen LogP contribution in [-0.4, -0.2) is 37.5 Å². The molecule has 2 amide bonds. The molecule has 5 nitrogen and oxygen atoms in total. The maximum absolute atomic E-state index is 11.8. The fourth-order valence-electron chi connectivity index (χ4n) is 1.65. The van der Waals surface area contributed by atoms with Crippen LogP contribution in [0.5, 0.6) is 0 Å². The molecule has 1 rings (SSSR count). The van der Waals surface area contributed by atoms with E-state index in [9.17, 15) is 9.59 Å². The van der Waals surface area contributed by atoms with Gasteiger partial charge >= 0.3 is 0 Å². The standard InChI is InChI=1S/C15H23N3O2/c1-11(2)18-14(19)10-16-8-9-17-15(20)13-6-4-12(3)5-7-13/h4-7,11,16H,8-10H2,1-3H3,(H,17,20)(H,18,19).